The van der Waals surface area contributed by atoms with E-state index in [9.17, 15) is 4.79 Å². The average molecular weight is 389 g/mol. The maximum absolute atomic E-state index is 11.9. The van der Waals surface area contributed by atoms with Crippen LogP contribution in [0.3, 0.4) is 0 Å². The third-order valence-corrected chi connectivity index (χ3v) is 4.04. The third-order valence-electron chi connectivity index (χ3n) is 4.04. The van der Waals surface area contributed by atoms with Gasteiger partial charge in [0.15, 0.2) is 0 Å². The van der Waals surface area contributed by atoms with Gasteiger partial charge in [-0.15, -0.1) is 5.10 Å². The highest BCUT2D eigenvalue weighted by atomic mass is 16.5. The summed E-state index contributed by atoms with van der Waals surface area (Å²) in [5.74, 6) is 1.68. The Morgan fingerprint density at radius 2 is 2.00 bits per heavy atom. The molecular formula is C18H27N7O3. The van der Waals surface area contributed by atoms with Crippen molar-refractivity contribution in [1.82, 2.24) is 24.7 Å². The molecule has 0 unspecified atom stereocenters. The molecule has 3 rings (SSSR count). The van der Waals surface area contributed by atoms with Crippen molar-refractivity contribution in [3.63, 3.8) is 0 Å². The first-order chi connectivity index (χ1) is 13.5. The average Bonchev–Trinajstić information content (AvgIpc) is 2.70. The molecule has 10 heteroatoms. The Morgan fingerprint density at radius 3 is 2.71 bits per heavy atom. The van der Waals surface area contributed by atoms with Crippen molar-refractivity contribution in [2.75, 3.05) is 43.1 Å². The van der Waals surface area contributed by atoms with Crippen molar-refractivity contribution in [3.05, 3.63) is 22.5 Å². The predicted octanol–water partition coefficient (Wildman–Crippen LogP) is 1.54. The van der Waals surface area contributed by atoms with E-state index in [1.165, 1.54) is 16.8 Å². The molecule has 0 aromatic carbocycles. The Labute approximate surface area is 163 Å². The van der Waals surface area contributed by atoms with E-state index in [0.29, 0.717) is 50.7 Å². The maximum atomic E-state index is 11.9. The van der Waals surface area contributed by atoms with Gasteiger partial charge in [-0.05, 0) is 12.3 Å². The number of morpholine rings is 1. The first kappa shape index (κ1) is 20.0. The summed E-state index contributed by atoms with van der Waals surface area (Å²) in [7, 11) is 0. The van der Waals surface area contributed by atoms with Crippen LogP contribution < -0.4 is 20.5 Å². The molecule has 1 fully saturated rings. The van der Waals surface area contributed by atoms with Crippen LogP contribution in [0.25, 0.3) is 0 Å². The lowest BCUT2D eigenvalue weighted by atomic mass is 10.2. The summed E-state index contributed by atoms with van der Waals surface area (Å²) in [5.41, 5.74) is -0.168. The van der Waals surface area contributed by atoms with E-state index in [-0.39, 0.29) is 17.4 Å². The molecule has 2 aromatic rings. The van der Waals surface area contributed by atoms with Gasteiger partial charge in [-0.3, -0.25) is 4.79 Å². The number of aryl methyl sites for hydroxylation is 1. The minimum atomic E-state index is -0.168. The van der Waals surface area contributed by atoms with Crippen LogP contribution in [-0.2, 0) is 11.3 Å². The van der Waals surface area contributed by atoms with Crippen LogP contribution in [0.2, 0.25) is 0 Å². The molecule has 1 saturated heterocycles. The molecule has 1 aliphatic rings. The number of hydrogen-bond donors (Lipinski definition) is 1. The van der Waals surface area contributed by atoms with Gasteiger partial charge in [-0.25, -0.2) is 4.68 Å². The second kappa shape index (κ2) is 9.45. The molecule has 1 aliphatic heterocycles. The van der Waals surface area contributed by atoms with Gasteiger partial charge in [0.25, 0.3) is 5.56 Å². The van der Waals surface area contributed by atoms with Crippen LogP contribution in [0, 0.1) is 5.92 Å². The highest BCUT2D eigenvalue weighted by Gasteiger charge is 2.18. The second-order valence-electron chi connectivity index (χ2n) is 6.95. The lowest BCUT2D eigenvalue weighted by Crippen LogP contribution is -2.37. The number of hydrogen-bond acceptors (Lipinski definition) is 9. The fourth-order valence-corrected chi connectivity index (χ4v) is 2.62. The van der Waals surface area contributed by atoms with Crippen LogP contribution in [0.1, 0.15) is 27.2 Å². The molecule has 3 heterocycles. The number of nitrogens with zero attached hydrogens (tertiary/aromatic N) is 6. The molecule has 0 spiro atoms. The predicted molar refractivity (Wildman–Crippen MR) is 105 cm³/mol. The van der Waals surface area contributed by atoms with E-state index in [1.54, 1.807) is 0 Å². The van der Waals surface area contributed by atoms with Gasteiger partial charge >= 0.3 is 6.01 Å². The lowest BCUT2D eigenvalue weighted by molar-refractivity contribution is 0.122. The zero-order valence-corrected chi connectivity index (χ0v) is 16.6. The van der Waals surface area contributed by atoms with Crippen molar-refractivity contribution in [2.24, 2.45) is 5.92 Å². The zero-order valence-electron chi connectivity index (χ0n) is 16.6. The number of anilines is 2. The largest absolute Gasteiger partial charge is 0.403 e. The topological polar surface area (TPSA) is 107 Å². The number of nitrogens with one attached hydrogen (secondary N) is 1. The lowest BCUT2D eigenvalue weighted by Gasteiger charge is -2.27. The Morgan fingerprint density at radius 1 is 1.21 bits per heavy atom. The highest BCUT2D eigenvalue weighted by Crippen LogP contribution is 2.20. The second-order valence-corrected chi connectivity index (χ2v) is 6.95. The van der Waals surface area contributed by atoms with Gasteiger partial charge in [0.2, 0.25) is 17.8 Å². The maximum Gasteiger partial charge on any atom is 0.330 e. The Bertz CT molecular complexity index is 834. The zero-order chi connectivity index (χ0) is 19.9. The van der Waals surface area contributed by atoms with Crippen molar-refractivity contribution in [2.45, 2.75) is 33.7 Å². The molecule has 10 nitrogen and oxygen atoms in total. The minimum Gasteiger partial charge on any atom is -0.403 e. The molecule has 0 aliphatic carbocycles. The molecule has 0 amide bonds. The van der Waals surface area contributed by atoms with E-state index in [1.807, 2.05) is 11.8 Å². The SMILES string of the molecule is CCCn1nc(Oc2nc(NCC(C)C)nc(N3CCOCC3)n2)ccc1=O. The Balaban J connectivity index is 1.86. The van der Waals surface area contributed by atoms with Crippen molar-refractivity contribution in [1.29, 1.82) is 0 Å². The summed E-state index contributed by atoms with van der Waals surface area (Å²) in [6.07, 6.45) is 0.798. The van der Waals surface area contributed by atoms with Gasteiger partial charge < -0.3 is 19.7 Å². The smallest absolute Gasteiger partial charge is 0.330 e. The van der Waals surface area contributed by atoms with Crippen LogP contribution in [0.15, 0.2) is 16.9 Å². The van der Waals surface area contributed by atoms with Gasteiger partial charge in [0.05, 0.1) is 13.2 Å². The molecule has 0 saturated carbocycles. The summed E-state index contributed by atoms with van der Waals surface area (Å²) in [6.45, 7) is 10.1. The first-order valence-corrected chi connectivity index (χ1v) is 9.64. The standard InChI is InChI=1S/C18H27N7O3/c1-4-7-25-15(26)6-5-14(23-25)28-18-21-16(19-12-13(2)3)20-17(22-18)24-8-10-27-11-9-24/h5-6,13H,4,7-12H2,1-3H3,(H,19,20,21,22). The normalized spacial score (nSPS) is 14.4. The molecule has 1 N–H and O–H groups in total. The van der Waals surface area contributed by atoms with Crippen molar-refractivity contribution in [3.8, 4) is 11.9 Å². The van der Waals surface area contributed by atoms with Crippen LogP contribution >= 0.6 is 0 Å². The van der Waals surface area contributed by atoms with Gasteiger partial charge in [-0.2, -0.15) is 15.0 Å². The van der Waals surface area contributed by atoms with Gasteiger partial charge in [0, 0.05) is 38.3 Å². The molecule has 28 heavy (non-hydrogen) atoms. The Hall–Kier alpha value is -2.75. The summed E-state index contributed by atoms with van der Waals surface area (Å²) < 4.78 is 12.5. The van der Waals surface area contributed by atoms with E-state index < -0.39 is 0 Å². The molecule has 2 aromatic heterocycles. The first-order valence-electron chi connectivity index (χ1n) is 9.64. The van der Waals surface area contributed by atoms with E-state index in [4.69, 9.17) is 9.47 Å². The monoisotopic (exact) mass is 389 g/mol. The molecule has 0 radical (unpaired) electrons. The van der Waals surface area contributed by atoms with E-state index >= 15 is 0 Å². The fraction of sp³-hybridized carbons (Fsp3) is 0.611. The number of rotatable bonds is 8. The fourth-order valence-electron chi connectivity index (χ4n) is 2.62. The van der Waals surface area contributed by atoms with Crippen molar-refractivity contribution >= 4 is 11.9 Å². The van der Waals surface area contributed by atoms with E-state index in [0.717, 1.165) is 13.0 Å². The van der Waals surface area contributed by atoms with Gasteiger partial charge in [-0.1, -0.05) is 20.8 Å². The highest BCUT2D eigenvalue weighted by molar-refractivity contribution is 5.39. The molecule has 152 valence electrons. The van der Waals surface area contributed by atoms with Crippen molar-refractivity contribution < 1.29 is 9.47 Å². The van der Waals surface area contributed by atoms with Crippen LogP contribution in [-0.4, -0.2) is 57.6 Å². The van der Waals surface area contributed by atoms with Crippen LogP contribution in [0.5, 0.6) is 11.9 Å². The van der Waals surface area contributed by atoms with Crippen LogP contribution in [0.4, 0.5) is 11.9 Å². The summed E-state index contributed by atoms with van der Waals surface area (Å²) in [5, 5.41) is 7.45. The third kappa shape index (κ3) is 5.38. The number of aromatic nitrogens is 5. The molecule has 0 atom stereocenters. The Kier molecular flexibility index (Phi) is 6.75. The molecular weight excluding hydrogens is 362 g/mol. The quantitative estimate of drug-likeness (QED) is 0.719. The molecule has 0 bridgehead atoms. The summed E-state index contributed by atoms with van der Waals surface area (Å²) in [4.78, 5) is 27.2. The summed E-state index contributed by atoms with van der Waals surface area (Å²) in [6, 6.07) is 3.09. The summed E-state index contributed by atoms with van der Waals surface area (Å²) >= 11 is 0. The van der Waals surface area contributed by atoms with Gasteiger partial charge in [0.1, 0.15) is 0 Å². The van der Waals surface area contributed by atoms with E-state index in [2.05, 4.69) is 39.2 Å². The number of ether oxygens (including phenoxy) is 2. The minimum absolute atomic E-state index is 0.136.